The monoisotopic (exact) mass is 108 g/mol. The van der Waals surface area contributed by atoms with Gasteiger partial charge in [-0.2, -0.15) is 0 Å². The number of halogens is 2. The summed E-state index contributed by atoms with van der Waals surface area (Å²) < 4.78 is 12.0. The third-order valence-electron chi connectivity index (χ3n) is 1.14. The second kappa shape index (κ2) is 0.890. The van der Waals surface area contributed by atoms with Crippen LogP contribution in [0.25, 0.3) is 0 Å². The molecule has 1 saturated carbocycles. The number of hydrogen-bond acceptors (Lipinski definition) is 0. The Kier molecular flexibility index (Phi) is 0.650. The highest BCUT2D eigenvalue weighted by Gasteiger charge is 2.50. The summed E-state index contributed by atoms with van der Waals surface area (Å²) in [4.78, 5) is 0. The average molecular weight is 109 g/mol. The minimum atomic E-state index is -1.32. The van der Waals surface area contributed by atoms with Crippen LogP contribution in [0.1, 0.15) is 13.3 Å². The topological polar surface area (TPSA) is 0 Å². The van der Waals surface area contributed by atoms with Crippen LogP contribution in [-0.2, 0) is 0 Å². The van der Waals surface area contributed by atoms with E-state index in [0.29, 0.717) is 6.42 Å². The van der Waals surface area contributed by atoms with Crippen LogP contribution in [0.4, 0.5) is 4.39 Å². The van der Waals surface area contributed by atoms with Crippen molar-refractivity contribution >= 4 is 11.6 Å². The Morgan fingerprint density at radius 3 is 2.17 bits per heavy atom. The van der Waals surface area contributed by atoms with Gasteiger partial charge in [-0.3, -0.25) is 0 Å². The van der Waals surface area contributed by atoms with Gasteiger partial charge in [0.2, 0.25) is 0 Å². The second-order valence-electron chi connectivity index (χ2n) is 1.87. The first kappa shape index (κ1) is 4.38. The summed E-state index contributed by atoms with van der Waals surface area (Å²) in [5.41, 5.74) is 0. The molecule has 2 heteroatoms. The summed E-state index contributed by atoms with van der Waals surface area (Å²) in [5, 5.41) is -1.32. The molecule has 0 saturated heterocycles. The molecular weight excluding hydrogens is 102 g/mol. The van der Waals surface area contributed by atoms with Gasteiger partial charge in [-0.1, -0.05) is 18.5 Å². The maximum atomic E-state index is 12.0. The van der Waals surface area contributed by atoms with Crippen LogP contribution >= 0.6 is 11.6 Å². The van der Waals surface area contributed by atoms with Gasteiger partial charge in [-0.15, -0.1) is 0 Å². The van der Waals surface area contributed by atoms with Crippen molar-refractivity contribution in [2.24, 2.45) is 5.92 Å². The van der Waals surface area contributed by atoms with Crippen LogP contribution in [0, 0.1) is 5.92 Å². The molecule has 6 heavy (non-hydrogen) atoms. The van der Waals surface area contributed by atoms with Gasteiger partial charge in [0.15, 0.2) is 5.13 Å². The Bertz CT molecular complexity index is 69.9. The lowest BCUT2D eigenvalue weighted by Gasteiger charge is -1.83. The maximum Gasteiger partial charge on any atom is 0.186 e. The third-order valence-corrected chi connectivity index (χ3v) is 1.67. The van der Waals surface area contributed by atoms with Gasteiger partial charge in [0.05, 0.1) is 0 Å². The van der Waals surface area contributed by atoms with E-state index in [1.165, 1.54) is 0 Å². The molecule has 0 bridgehead atoms. The minimum absolute atomic E-state index is 0.0965. The molecule has 2 atom stereocenters. The standard InChI is InChI=1S/C4H6ClF/c1-3-2-4(3,5)6/h3H,2H2,1H3/t3?,4-/m1/s1. The molecule has 1 aliphatic rings. The number of alkyl halides is 2. The van der Waals surface area contributed by atoms with Crippen LogP contribution in [0.3, 0.4) is 0 Å². The van der Waals surface area contributed by atoms with Gasteiger partial charge < -0.3 is 0 Å². The second-order valence-corrected chi connectivity index (χ2v) is 2.49. The Morgan fingerprint density at radius 2 is 2.17 bits per heavy atom. The van der Waals surface area contributed by atoms with Crippen molar-refractivity contribution in [3.05, 3.63) is 0 Å². The Hall–Kier alpha value is 0.220. The van der Waals surface area contributed by atoms with E-state index in [1.54, 1.807) is 6.92 Å². The first-order valence-corrected chi connectivity index (χ1v) is 2.38. The maximum absolute atomic E-state index is 12.0. The van der Waals surface area contributed by atoms with E-state index >= 15 is 0 Å². The molecule has 0 N–H and O–H groups in total. The first-order valence-electron chi connectivity index (χ1n) is 2.01. The quantitative estimate of drug-likeness (QED) is 0.416. The molecular formula is C4H6ClF. The van der Waals surface area contributed by atoms with Crippen LogP contribution in [0.15, 0.2) is 0 Å². The van der Waals surface area contributed by atoms with Crippen molar-refractivity contribution < 1.29 is 4.39 Å². The SMILES string of the molecule is CC1C[C@]1(F)Cl. The number of rotatable bonds is 0. The number of hydrogen-bond donors (Lipinski definition) is 0. The lowest BCUT2D eigenvalue weighted by molar-refractivity contribution is 0.402. The molecule has 1 aliphatic carbocycles. The summed E-state index contributed by atoms with van der Waals surface area (Å²) in [6.07, 6.45) is 0.536. The smallest absolute Gasteiger partial charge is 0.186 e. The van der Waals surface area contributed by atoms with Crippen LogP contribution in [-0.4, -0.2) is 5.13 Å². The van der Waals surface area contributed by atoms with Gasteiger partial charge in [0.25, 0.3) is 0 Å². The van der Waals surface area contributed by atoms with E-state index in [-0.39, 0.29) is 5.92 Å². The fourth-order valence-corrected chi connectivity index (χ4v) is 0.581. The van der Waals surface area contributed by atoms with E-state index in [9.17, 15) is 4.39 Å². The van der Waals surface area contributed by atoms with Gasteiger partial charge in [0, 0.05) is 12.3 Å². The van der Waals surface area contributed by atoms with E-state index in [0.717, 1.165) is 0 Å². The highest BCUT2D eigenvalue weighted by molar-refractivity contribution is 6.24. The summed E-state index contributed by atoms with van der Waals surface area (Å²) in [6.45, 7) is 1.80. The van der Waals surface area contributed by atoms with Crippen molar-refractivity contribution in [1.29, 1.82) is 0 Å². The van der Waals surface area contributed by atoms with Gasteiger partial charge in [0.1, 0.15) is 0 Å². The first-order chi connectivity index (χ1) is 2.63. The van der Waals surface area contributed by atoms with E-state index in [4.69, 9.17) is 11.6 Å². The molecule has 0 radical (unpaired) electrons. The van der Waals surface area contributed by atoms with Crippen molar-refractivity contribution in [1.82, 2.24) is 0 Å². The van der Waals surface area contributed by atoms with Crippen molar-refractivity contribution in [2.75, 3.05) is 0 Å². The molecule has 0 heterocycles. The van der Waals surface area contributed by atoms with Crippen LogP contribution in [0.2, 0.25) is 0 Å². The fourth-order valence-electron chi connectivity index (χ4n) is 0.349. The molecule has 0 aromatic heterocycles. The Labute approximate surface area is 41.3 Å². The predicted molar refractivity (Wildman–Crippen MR) is 23.5 cm³/mol. The average Bonchev–Trinajstić information content (AvgIpc) is 1.73. The van der Waals surface area contributed by atoms with Crippen LogP contribution < -0.4 is 0 Å². The van der Waals surface area contributed by atoms with E-state index in [1.807, 2.05) is 0 Å². The van der Waals surface area contributed by atoms with Crippen molar-refractivity contribution in [3.8, 4) is 0 Å². The molecule has 1 fully saturated rings. The van der Waals surface area contributed by atoms with Gasteiger partial charge >= 0.3 is 0 Å². The van der Waals surface area contributed by atoms with Crippen LogP contribution in [0.5, 0.6) is 0 Å². The summed E-state index contributed by atoms with van der Waals surface area (Å²) >= 11 is 5.12. The van der Waals surface area contributed by atoms with Crippen molar-refractivity contribution in [2.45, 2.75) is 18.5 Å². The van der Waals surface area contributed by atoms with Gasteiger partial charge in [-0.05, 0) is 0 Å². The summed E-state index contributed by atoms with van der Waals surface area (Å²) in [5.74, 6) is 0.0965. The zero-order chi connectivity index (χ0) is 4.78. The Morgan fingerprint density at radius 1 is 2.00 bits per heavy atom. The molecule has 0 nitrogen and oxygen atoms in total. The normalized spacial score (nSPS) is 55.5. The molecule has 0 aromatic rings. The zero-order valence-electron chi connectivity index (χ0n) is 3.54. The molecule has 0 aliphatic heterocycles. The largest absolute Gasteiger partial charge is 0.226 e. The Balaban J connectivity index is 2.41. The minimum Gasteiger partial charge on any atom is -0.226 e. The van der Waals surface area contributed by atoms with Gasteiger partial charge in [-0.25, -0.2) is 4.39 Å². The third kappa shape index (κ3) is 0.515. The highest BCUT2D eigenvalue weighted by atomic mass is 35.5. The molecule has 1 unspecified atom stereocenters. The highest BCUT2D eigenvalue weighted by Crippen LogP contribution is 2.50. The zero-order valence-corrected chi connectivity index (χ0v) is 4.30. The summed E-state index contributed by atoms with van der Waals surface area (Å²) in [6, 6.07) is 0. The van der Waals surface area contributed by atoms with Crippen molar-refractivity contribution in [3.63, 3.8) is 0 Å². The molecule has 36 valence electrons. The predicted octanol–water partition coefficient (Wildman–Crippen LogP) is 1.93. The molecule has 0 aromatic carbocycles. The lowest BCUT2D eigenvalue weighted by Crippen LogP contribution is -1.84. The summed E-state index contributed by atoms with van der Waals surface area (Å²) in [7, 11) is 0. The fraction of sp³-hybridized carbons (Fsp3) is 1.00. The lowest BCUT2D eigenvalue weighted by atomic mass is 10.5. The van der Waals surface area contributed by atoms with E-state index < -0.39 is 5.13 Å². The molecule has 0 spiro atoms. The molecule has 1 rings (SSSR count). The molecule has 0 amide bonds. The van der Waals surface area contributed by atoms with E-state index in [2.05, 4.69) is 0 Å².